The highest BCUT2D eigenvalue weighted by molar-refractivity contribution is 5.80. The Labute approximate surface area is 107 Å². The molecule has 1 aliphatic heterocycles. The molecular weight excluding hydrogens is 234 g/mol. The number of ether oxygens (including phenoxy) is 1. The van der Waals surface area contributed by atoms with Crippen LogP contribution in [0.5, 0.6) is 0 Å². The zero-order chi connectivity index (χ0) is 13.1. The molecule has 1 saturated carbocycles. The number of carboxylic acids is 1. The van der Waals surface area contributed by atoms with Crippen LogP contribution in [0.1, 0.15) is 39.0 Å². The maximum absolute atomic E-state index is 12.0. The molecule has 2 unspecified atom stereocenters. The van der Waals surface area contributed by atoms with Gasteiger partial charge in [-0.25, -0.2) is 0 Å². The van der Waals surface area contributed by atoms with Crippen molar-refractivity contribution in [3.8, 4) is 0 Å². The van der Waals surface area contributed by atoms with E-state index in [0.29, 0.717) is 13.0 Å². The van der Waals surface area contributed by atoms with Crippen molar-refractivity contribution in [2.75, 3.05) is 13.2 Å². The molecule has 0 aromatic heterocycles. The van der Waals surface area contributed by atoms with Crippen molar-refractivity contribution >= 4 is 11.9 Å². The lowest BCUT2D eigenvalue weighted by Gasteiger charge is -2.24. The van der Waals surface area contributed by atoms with Gasteiger partial charge in [-0.15, -0.1) is 0 Å². The average Bonchev–Trinajstić information content (AvgIpc) is 2.94. The lowest BCUT2D eigenvalue weighted by Crippen LogP contribution is -2.40. The number of amides is 1. The van der Waals surface area contributed by atoms with Crippen molar-refractivity contribution < 1.29 is 19.4 Å². The minimum atomic E-state index is -0.811. The Morgan fingerprint density at radius 1 is 1.28 bits per heavy atom. The summed E-state index contributed by atoms with van der Waals surface area (Å²) in [5.74, 6) is -1.31. The summed E-state index contributed by atoms with van der Waals surface area (Å²) in [5, 5.41) is 9.02. The van der Waals surface area contributed by atoms with Gasteiger partial charge in [0.1, 0.15) is 6.61 Å². The number of hydrogen-bond acceptors (Lipinski definition) is 3. The summed E-state index contributed by atoms with van der Waals surface area (Å²) in [6.45, 7) is 2.44. The molecule has 102 valence electrons. The van der Waals surface area contributed by atoms with Crippen LogP contribution in [0.15, 0.2) is 0 Å². The fraction of sp³-hybridized carbons (Fsp3) is 0.846. The molecule has 2 fully saturated rings. The lowest BCUT2D eigenvalue weighted by molar-refractivity contribution is -0.144. The summed E-state index contributed by atoms with van der Waals surface area (Å²) < 4.78 is 5.58. The highest BCUT2D eigenvalue weighted by atomic mass is 16.5. The summed E-state index contributed by atoms with van der Waals surface area (Å²) in [6, 6.07) is -0.220. The first-order valence-electron chi connectivity index (χ1n) is 6.73. The molecule has 0 radical (unpaired) electrons. The van der Waals surface area contributed by atoms with E-state index in [1.54, 1.807) is 11.8 Å². The molecule has 18 heavy (non-hydrogen) atoms. The maximum atomic E-state index is 12.0. The number of carbonyl (C=O) groups excluding carboxylic acids is 1. The Bertz CT molecular complexity index is 325. The van der Waals surface area contributed by atoms with Gasteiger partial charge in [0.25, 0.3) is 0 Å². The van der Waals surface area contributed by atoms with Crippen LogP contribution >= 0.6 is 0 Å². The number of rotatable bonds is 4. The van der Waals surface area contributed by atoms with Crippen molar-refractivity contribution in [3.05, 3.63) is 0 Å². The number of nitrogens with zero attached hydrogens (tertiary/aromatic N) is 1. The molecule has 5 heteroatoms. The van der Waals surface area contributed by atoms with Gasteiger partial charge in [-0.3, -0.25) is 9.59 Å². The predicted molar refractivity (Wildman–Crippen MR) is 65.1 cm³/mol. The molecule has 5 nitrogen and oxygen atoms in total. The second-order valence-electron chi connectivity index (χ2n) is 5.28. The Kier molecular flexibility index (Phi) is 4.22. The minimum Gasteiger partial charge on any atom is -0.481 e. The van der Waals surface area contributed by atoms with Crippen molar-refractivity contribution in [2.45, 2.75) is 51.2 Å². The summed E-state index contributed by atoms with van der Waals surface area (Å²) in [4.78, 5) is 24.6. The third kappa shape index (κ3) is 2.83. The molecule has 0 aromatic rings. The van der Waals surface area contributed by atoms with Crippen molar-refractivity contribution in [2.24, 2.45) is 5.92 Å². The van der Waals surface area contributed by atoms with Gasteiger partial charge < -0.3 is 14.7 Å². The van der Waals surface area contributed by atoms with Crippen LogP contribution in [0.3, 0.4) is 0 Å². The van der Waals surface area contributed by atoms with Crippen molar-refractivity contribution in [1.29, 1.82) is 0 Å². The summed E-state index contributed by atoms with van der Waals surface area (Å²) in [5.41, 5.74) is 0. The van der Waals surface area contributed by atoms with E-state index in [1.165, 1.54) is 12.8 Å². The lowest BCUT2D eigenvalue weighted by atomic mass is 10.0. The molecule has 1 N–H and O–H groups in total. The van der Waals surface area contributed by atoms with Gasteiger partial charge in [0.15, 0.2) is 0 Å². The Morgan fingerprint density at radius 2 is 1.94 bits per heavy atom. The van der Waals surface area contributed by atoms with E-state index in [9.17, 15) is 9.59 Å². The number of carbonyl (C=O) groups is 2. The van der Waals surface area contributed by atoms with Gasteiger partial charge in [0.05, 0.1) is 12.0 Å². The quantitative estimate of drug-likeness (QED) is 0.821. The highest BCUT2D eigenvalue weighted by Gasteiger charge is 2.38. The van der Waals surface area contributed by atoms with Gasteiger partial charge in [-0.2, -0.15) is 0 Å². The van der Waals surface area contributed by atoms with Gasteiger partial charge in [0.2, 0.25) is 5.91 Å². The maximum Gasteiger partial charge on any atom is 0.308 e. The minimum absolute atomic E-state index is 0.0712. The molecule has 2 rings (SSSR count). The largest absolute Gasteiger partial charge is 0.481 e. The van der Waals surface area contributed by atoms with Crippen molar-refractivity contribution in [3.63, 3.8) is 0 Å². The van der Waals surface area contributed by atoms with E-state index in [-0.39, 0.29) is 24.7 Å². The van der Waals surface area contributed by atoms with E-state index >= 15 is 0 Å². The van der Waals surface area contributed by atoms with Gasteiger partial charge in [-0.1, -0.05) is 12.8 Å². The Hall–Kier alpha value is -1.10. The van der Waals surface area contributed by atoms with Crippen LogP contribution in [0.25, 0.3) is 0 Å². The third-order valence-corrected chi connectivity index (χ3v) is 4.14. The first-order valence-corrected chi connectivity index (χ1v) is 6.73. The van der Waals surface area contributed by atoms with E-state index < -0.39 is 11.9 Å². The van der Waals surface area contributed by atoms with Gasteiger partial charge in [0, 0.05) is 12.6 Å². The highest BCUT2D eigenvalue weighted by Crippen LogP contribution is 2.25. The molecule has 1 saturated heterocycles. The van der Waals surface area contributed by atoms with Crippen LogP contribution < -0.4 is 0 Å². The number of carboxylic acid groups (broad SMARTS) is 1. The third-order valence-electron chi connectivity index (χ3n) is 4.14. The topological polar surface area (TPSA) is 66.8 Å². The van der Waals surface area contributed by atoms with E-state index in [0.717, 1.165) is 12.8 Å². The fourth-order valence-electron chi connectivity index (χ4n) is 2.95. The predicted octanol–water partition coefficient (Wildman–Crippen LogP) is 1.27. The van der Waals surface area contributed by atoms with Crippen LogP contribution in [0, 0.1) is 5.92 Å². The average molecular weight is 255 g/mol. The monoisotopic (exact) mass is 255 g/mol. The Morgan fingerprint density at radius 3 is 2.50 bits per heavy atom. The van der Waals surface area contributed by atoms with E-state index in [4.69, 9.17) is 9.84 Å². The fourth-order valence-corrected chi connectivity index (χ4v) is 2.95. The molecule has 0 spiro atoms. The molecule has 1 heterocycles. The standard InChI is InChI=1S/C13H21NO4/c1-9-11(13(16)17)6-7-14(9)12(15)8-18-10-4-2-3-5-10/h9-11H,2-8H2,1H3,(H,16,17). The summed E-state index contributed by atoms with van der Waals surface area (Å²) in [7, 11) is 0. The van der Waals surface area contributed by atoms with Crippen LogP contribution in [-0.4, -0.2) is 47.2 Å². The number of aliphatic carboxylic acids is 1. The normalized spacial score (nSPS) is 28.8. The zero-order valence-electron chi connectivity index (χ0n) is 10.8. The molecule has 2 aliphatic rings. The molecular formula is C13H21NO4. The Balaban J connectivity index is 1.80. The molecule has 2 atom stereocenters. The molecule has 0 bridgehead atoms. The first kappa shape index (κ1) is 13.3. The second kappa shape index (κ2) is 5.69. The first-order chi connectivity index (χ1) is 8.59. The van der Waals surface area contributed by atoms with Crippen LogP contribution in [0.4, 0.5) is 0 Å². The molecule has 1 aliphatic carbocycles. The zero-order valence-corrected chi connectivity index (χ0v) is 10.8. The number of likely N-dealkylation sites (tertiary alicyclic amines) is 1. The van der Waals surface area contributed by atoms with E-state index in [1.807, 2.05) is 0 Å². The molecule has 1 amide bonds. The smallest absolute Gasteiger partial charge is 0.308 e. The second-order valence-corrected chi connectivity index (χ2v) is 5.28. The SMILES string of the molecule is CC1C(C(=O)O)CCN1C(=O)COC1CCCC1. The van der Waals surface area contributed by atoms with Gasteiger partial charge >= 0.3 is 5.97 Å². The summed E-state index contributed by atoms with van der Waals surface area (Å²) in [6.07, 6.45) is 5.22. The number of hydrogen-bond donors (Lipinski definition) is 1. The molecule has 0 aromatic carbocycles. The summed E-state index contributed by atoms with van der Waals surface area (Å²) >= 11 is 0. The van der Waals surface area contributed by atoms with Gasteiger partial charge in [-0.05, 0) is 26.2 Å². The van der Waals surface area contributed by atoms with Crippen LogP contribution in [-0.2, 0) is 14.3 Å². The van der Waals surface area contributed by atoms with Crippen molar-refractivity contribution in [1.82, 2.24) is 4.90 Å². The van der Waals surface area contributed by atoms with E-state index in [2.05, 4.69) is 0 Å². The van der Waals surface area contributed by atoms with Crippen LogP contribution in [0.2, 0.25) is 0 Å².